The number of piperidine rings is 1. The number of nitrogens with zero attached hydrogens (tertiary/aromatic N) is 2. The molecule has 0 atom stereocenters. The minimum Gasteiger partial charge on any atom is -0.324 e. The first kappa shape index (κ1) is 21.8. The molecule has 0 amide bonds. The van der Waals surface area contributed by atoms with Crippen LogP contribution < -0.4 is 0 Å². The van der Waals surface area contributed by atoms with Crippen LogP contribution in [-0.4, -0.2) is 30.4 Å². The van der Waals surface area contributed by atoms with Gasteiger partial charge in [0.2, 0.25) is 10.0 Å². The van der Waals surface area contributed by atoms with Gasteiger partial charge in [0.05, 0.1) is 4.90 Å². The van der Waals surface area contributed by atoms with Gasteiger partial charge in [-0.25, -0.2) is 8.42 Å². The van der Waals surface area contributed by atoms with Gasteiger partial charge in [-0.2, -0.15) is 4.31 Å². The Morgan fingerprint density at radius 1 is 0.871 bits per heavy atom. The van der Waals surface area contributed by atoms with E-state index in [1.165, 1.54) is 11.1 Å². The number of hydrogen-bond donors (Lipinski definition) is 0. The largest absolute Gasteiger partial charge is 0.324 e. The Morgan fingerprint density at radius 2 is 1.48 bits per heavy atom. The summed E-state index contributed by atoms with van der Waals surface area (Å²) < 4.78 is 29.9. The number of benzene rings is 2. The SMILES string of the molecule is CCCCc1ccc(S(=O)(=O)N2CCC(Cc3ccc(-n4cccc4)cc3)CC2)cc1. The van der Waals surface area contributed by atoms with Crippen LogP contribution in [-0.2, 0) is 22.9 Å². The molecule has 1 aliphatic rings. The number of sulfonamides is 1. The highest BCUT2D eigenvalue weighted by molar-refractivity contribution is 7.89. The second kappa shape index (κ2) is 9.84. The zero-order chi connectivity index (χ0) is 21.7. The molecule has 4 rings (SSSR count). The third kappa shape index (κ3) is 5.28. The molecule has 0 unspecified atom stereocenters. The molecular weight excluding hydrogens is 404 g/mol. The highest BCUT2D eigenvalue weighted by Gasteiger charge is 2.29. The van der Waals surface area contributed by atoms with Crippen LogP contribution in [0.15, 0.2) is 78.0 Å². The fourth-order valence-electron chi connectivity index (χ4n) is 4.36. The lowest BCUT2D eigenvalue weighted by atomic mass is 9.91. The van der Waals surface area contributed by atoms with Gasteiger partial charge in [0.15, 0.2) is 0 Å². The van der Waals surface area contributed by atoms with Gasteiger partial charge < -0.3 is 4.57 Å². The van der Waals surface area contributed by atoms with Crippen molar-refractivity contribution in [3.05, 3.63) is 84.2 Å². The fraction of sp³-hybridized carbons (Fsp3) is 0.385. The summed E-state index contributed by atoms with van der Waals surface area (Å²) in [6.07, 6.45) is 10.2. The van der Waals surface area contributed by atoms with Crippen molar-refractivity contribution in [2.24, 2.45) is 5.92 Å². The van der Waals surface area contributed by atoms with Crippen molar-refractivity contribution < 1.29 is 8.42 Å². The minimum absolute atomic E-state index is 0.423. The average molecular weight is 437 g/mol. The van der Waals surface area contributed by atoms with Gasteiger partial charge in [-0.1, -0.05) is 37.6 Å². The van der Waals surface area contributed by atoms with Crippen LogP contribution in [0.1, 0.15) is 43.7 Å². The van der Waals surface area contributed by atoms with Gasteiger partial charge in [0.1, 0.15) is 0 Å². The van der Waals surface area contributed by atoms with Crippen LogP contribution in [0.4, 0.5) is 0 Å². The summed E-state index contributed by atoms with van der Waals surface area (Å²) in [6.45, 7) is 3.37. The van der Waals surface area contributed by atoms with E-state index in [1.807, 2.05) is 36.7 Å². The maximum absolute atomic E-state index is 13.1. The van der Waals surface area contributed by atoms with E-state index in [0.717, 1.165) is 44.2 Å². The van der Waals surface area contributed by atoms with E-state index in [9.17, 15) is 8.42 Å². The Kier molecular flexibility index (Phi) is 6.93. The highest BCUT2D eigenvalue weighted by Crippen LogP contribution is 2.27. The monoisotopic (exact) mass is 436 g/mol. The van der Waals surface area contributed by atoms with E-state index in [-0.39, 0.29) is 0 Å². The van der Waals surface area contributed by atoms with Crippen LogP contribution in [0.5, 0.6) is 0 Å². The van der Waals surface area contributed by atoms with E-state index < -0.39 is 10.0 Å². The first-order valence-corrected chi connectivity index (χ1v) is 12.8. The predicted octanol–water partition coefficient (Wildman–Crippen LogP) is 5.46. The van der Waals surface area contributed by atoms with Crippen molar-refractivity contribution in [2.75, 3.05) is 13.1 Å². The summed E-state index contributed by atoms with van der Waals surface area (Å²) in [5.74, 6) is 0.528. The van der Waals surface area contributed by atoms with E-state index in [1.54, 1.807) is 16.4 Å². The van der Waals surface area contributed by atoms with Gasteiger partial charge in [-0.05, 0) is 85.5 Å². The molecule has 0 radical (unpaired) electrons. The molecule has 31 heavy (non-hydrogen) atoms. The summed E-state index contributed by atoms with van der Waals surface area (Å²) in [5, 5.41) is 0. The highest BCUT2D eigenvalue weighted by atomic mass is 32.2. The lowest BCUT2D eigenvalue weighted by Crippen LogP contribution is -2.38. The lowest BCUT2D eigenvalue weighted by molar-refractivity contribution is 0.273. The van der Waals surface area contributed by atoms with Crippen molar-refractivity contribution in [3.63, 3.8) is 0 Å². The van der Waals surface area contributed by atoms with Crippen LogP contribution in [0.2, 0.25) is 0 Å². The molecule has 0 saturated carbocycles. The molecule has 2 aromatic carbocycles. The first-order chi connectivity index (χ1) is 15.1. The summed E-state index contributed by atoms with van der Waals surface area (Å²) in [6, 6.07) is 20.2. The summed E-state index contributed by atoms with van der Waals surface area (Å²) in [7, 11) is -3.40. The van der Waals surface area contributed by atoms with Gasteiger partial charge in [-0.3, -0.25) is 0 Å². The quantitative estimate of drug-likeness (QED) is 0.470. The predicted molar refractivity (Wildman–Crippen MR) is 126 cm³/mol. The number of aromatic nitrogens is 1. The normalized spacial score (nSPS) is 15.9. The van der Waals surface area contributed by atoms with Crippen LogP contribution >= 0.6 is 0 Å². The Labute approximate surface area is 186 Å². The Hall–Kier alpha value is -2.37. The molecule has 1 saturated heterocycles. The second-order valence-corrected chi connectivity index (χ2v) is 10.5. The molecule has 1 aliphatic heterocycles. The zero-order valence-electron chi connectivity index (χ0n) is 18.3. The molecule has 3 aromatic rings. The molecule has 2 heterocycles. The van der Waals surface area contributed by atoms with Gasteiger partial charge >= 0.3 is 0 Å². The van der Waals surface area contributed by atoms with Crippen molar-refractivity contribution >= 4 is 10.0 Å². The molecule has 1 aromatic heterocycles. The first-order valence-electron chi connectivity index (χ1n) is 11.4. The topological polar surface area (TPSA) is 42.3 Å². The smallest absolute Gasteiger partial charge is 0.243 e. The van der Waals surface area contributed by atoms with Crippen LogP contribution in [0.25, 0.3) is 5.69 Å². The van der Waals surface area contributed by atoms with Crippen molar-refractivity contribution in [3.8, 4) is 5.69 Å². The lowest BCUT2D eigenvalue weighted by Gasteiger charge is -2.31. The molecule has 0 bridgehead atoms. The number of aryl methyl sites for hydroxylation is 1. The average Bonchev–Trinajstić information content (AvgIpc) is 3.34. The molecule has 5 heteroatoms. The molecule has 1 fully saturated rings. The van der Waals surface area contributed by atoms with Crippen molar-refractivity contribution in [1.82, 2.24) is 8.87 Å². The van der Waals surface area contributed by atoms with Crippen molar-refractivity contribution in [1.29, 1.82) is 0 Å². The van der Waals surface area contributed by atoms with Gasteiger partial charge in [-0.15, -0.1) is 0 Å². The Morgan fingerprint density at radius 3 is 2.10 bits per heavy atom. The maximum Gasteiger partial charge on any atom is 0.243 e. The summed E-state index contributed by atoms with van der Waals surface area (Å²) in [4.78, 5) is 0.423. The van der Waals surface area contributed by atoms with Crippen LogP contribution in [0.3, 0.4) is 0 Å². The van der Waals surface area contributed by atoms with E-state index in [4.69, 9.17) is 0 Å². The third-order valence-electron chi connectivity index (χ3n) is 6.32. The summed E-state index contributed by atoms with van der Waals surface area (Å²) >= 11 is 0. The molecular formula is C26H32N2O2S. The van der Waals surface area contributed by atoms with E-state index in [2.05, 4.69) is 35.8 Å². The summed E-state index contributed by atoms with van der Waals surface area (Å²) in [5.41, 5.74) is 3.69. The number of hydrogen-bond acceptors (Lipinski definition) is 2. The molecule has 0 N–H and O–H groups in total. The minimum atomic E-state index is -3.40. The molecule has 0 spiro atoms. The van der Waals surface area contributed by atoms with Crippen LogP contribution in [0, 0.1) is 5.92 Å². The Balaban J connectivity index is 1.32. The molecule has 0 aliphatic carbocycles. The Bertz CT molecular complexity index is 1050. The van der Waals surface area contributed by atoms with E-state index in [0.29, 0.717) is 23.9 Å². The van der Waals surface area contributed by atoms with Gasteiger partial charge in [0, 0.05) is 31.2 Å². The van der Waals surface area contributed by atoms with Crippen molar-refractivity contribution in [2.45, 2.75) is 50.3 Å². The third-order valence-corrected chi connectivity index (χ3v) is 8.23. The van der Waals surface area contributed by atoms with Gasteiger partial charge in [0.25, 0.3) is 0 Å². The molecule has 4 nitrogen and oxygen atoms in total. The zero-order valence-corrected chi connectivity index (χ0v) is 19.1. The standard InChI is InChI=1S/C26H32N2O2S/c1-2-3-6-22-9-13-26(14-10-22)31(29,30)28-19-15-24(16-20-28)21-23-7-11-25(12-8-23)27-17-4-5-18-27/h4-5,7-14,17-18,24H,2-3,6,15-16,19-21H2,1H3. The second-order valence-electron chi connectivity index (χ2n) is 8.56. The fourth-order valence-corrected chi connectivity index (χ4v) is 5.83. The maximum atomic E-state index is 13.1. The number of unbranched alkanes of at least 4 members (excludes halogenated alkanes) is 1. The number of rotatable bonds is 8. The molecule has 164 valence electrons. The van der Waals surface area contributed by atoms with E-state index >= 15 is 0 Å².